The van der Waals surface area contributed by atoms with E-state index in [0.29, 0.717) is 0 Å². The summed E-state index contributed by atoms with van der Waals surface area (Å²) in [5.41, 5.74) is 11.6. The van der Waals surface area contributed by atoms with E-state index in [4.69, 9.17) is 0 Å². The molecule has 0 saturated heterocycles. The molecule has 0 spiro atoms. The maximum absolute atomic E-state index is 2.40. The van der Waals surface area contributed by atoms with Crippen molar-refractivity contribution in [3.05, 3.63) is 68.8 Å². The highest BCUT2D eigenvalue weighted by atomic mass is 14.1. The summed E-state index contributed by atoms with van der Waals surface area (Å²) in [6.45, 7) is 13.4. The van der Waals surface area contributed by atoms with Gasteiger partial charge in [0.15, 0.2) is 0 Å². The zero-order valence-corrected chi connectivity index (χ0v) is 14.4. The lowest BCUT2D eigenvalue weighted by Gasteiger charge is -2.14. The number of hydrogen-bond acceptors (Lipinski definition) is 0. The minimum absolute atomic E-state index is 1.04. The summed E-state index contributed by atoms with van der Waals surface area (Å²) >= 11 is 0. The van der Waals surface area contributed by atoms with Crippen LogP contribution in [0.5, 0.6) is 0 Å². The highest BCUT2D eigenvalue weighted by Gasteiger charge is 2.07. The molecule has 21 heavy (non-hydrogen) atoms. The molecule has 0 nitrogen and oxygen atoms in total. The molecule has 0 aromatic heterocycles. The van der Waals surface area contributed by atoms with Crippen molar-refractivity contribution >= 4 is 0 Å². The number of hydrogen-bond donors (Lipinski definition) is 0. The van der Waals surface area contributed by atoms with Gasteiger partial charge in [0.2, 0.25) is 0 Å². The van der Waals surface area contributed by atoms with Crippen LogP contribution in [0.4, 0.5) is 0 Å². The summed E-state index contributed by atoms with van der Waals surface area (Å²) in [4.78, 5) is 0. The summed E-state index contributed by atoms with van der Waals surface area (Å²) in [6.07, 6.45) is 3.29. The lowest BCUT2D eigenvalue weighted by atomic mass is 9.91. The smallest absolute Gasteiger partial charge is 0.00254 e. The molecule has 0 heterocycles. The third kappa shape index (κ3) is 3.37. The highest BCUT2D eigenvalue weighted by molar-refractivity contribution is 5.43. The van der Waals surface area contributed by atoms with Crippen LogP contribution < -0.4 is 0 Å². The van der Waals surface area contributed by atoms with Gasteiger partial charge in [0.25, 0.3) is 0 Å². The van der Waals surface area contributed by atoms with Gasteiger partial charge in [-0.25, -0.2) is 0 Å². The molecule has 0 heteroatoms. The fraction of sp³-hybridized carbons (Fsp3) is 0.429. The molecule has 0 amide bonds. The van der Waals surface area contributed by atoms with E-state index in [1.54, 1.807) is 0 Å². The Hall–Kier alpha value is -1.56. The Kier molecular flexibility index (Phi) is 4.88. The normalized spacial score (nSPS) is 11.0. The van der Waals surface area contributed by atoms with E-state index in [0.717, 1.165) is 19.3 Å². The quantitative estimate of drug-likeness (QED) is 0.680. The van der Waals surface area contributed by atoms with Gasteiger partial charge < -0.3 is 0 Å². The molecule has 0 bridgehead atoms. The number of benzene rings is 2. The van der Waals surface area contributed by atoms with Crippen LogP contribution in [0.15, 0.2) is 24.3 Å². The Labute approximate surface area is 130 Å². The van der Waals surface area contributed by atoms with E-state index in [1.807, 2.05) is 0 Å². The van der Waals surface area contributed by atoms with Crippen LogP contribution in [-0.2, 0) is 19.3 Å². The fourth-order valence-corrected chi connectivity index (χ4v) is 3.21. The van der Waals surface area contributed by atoms with Gasteiger partial charge in [-0.15, -0.1) is 0 Å². The van der Waals surface area contributed by atoms with Gasteiger partial charge in [0.05, 0.1) is 0 Å². The van der Waals surface area contributed by atoms with E-state index in [2.05, 4.69) is 65.8 Å². The number of aryl methyl sites for hydroxylation is 4. The molecule has 0 aliphatic heterocycles. The molecular weight excluding hydrogens is 252 g/mol. The third-order valence-corrected chi connectivity index (χ3v) is 4.84. The topological polar surface area (TPSA) is 0 Å². The molecule has 0 atom stereocenters. The largest absolute Gasteiger partial charge is 0.0613 e. The van der Waals surface area contributed by atoms with Crippen LogP contribution in [0.3, 0.4) is 0 Å². The maximum atomic E-state index is 2.40. The molecule has 0 saturated carbocycles. The molecule has 2 aromatic carbocycles. The van der Waals surface area contributed by atoms with Crippen molar-refractivity contribution < 1.29 is 0 Å². The standard InChI is InChI=1S/C21H28/c1-7-20-12-19(13-21(8-2)17(20)6)11-18-9-14(3)16(5)15(4)10-18/h9-10,12-13H,7-8,11H2,1-6H3. The zero-order valence-electron chi connectivity index (χ0n) is 14.4. The minimum Gasteiger partial charge on any atom is -0.0613 e. The molecule has 2 aromatic rings. The van der Waals surface area contributed by atoms with Crippen molar-refractivity contribution in [3.8, 4) is 0 Å². The summed E-state index contributed by atoms with van der Waals surface area (Å²) in [6, 6.07) is 9.50. The van der Waals surface area contributed by atoms with Gasteiger partial charge in [0.1, 0.15) is 0 Å². The molecule has 0 unspecified atom stereocenters. The second kappa shape index (κ2) is 6.47. The fourth-order valence-electron chi connectivity index (χ4n) is 3.21. The van der Waals surface area contributed by atoms with Gasteiger partial charge in [-0.05, 0) is 91.5 Å². The summed E-state index contributed by atoms with van der Waals surface area (Å²) in [7, 11) is 0. The van der Waals surface area contributed by atoms with Crippen molar-refractivity contribution in [3.63, 3.8) is 0 Å². The van der Waals surface area contributed by atoms with Crippen LogP contribution in [0.25, 0.3) is 0 Å². The van der Waals surface area contributed by atoms with Crippen LogP contribution >= 0.6 is 0 Å². The SMILES string of the molecule is CCc1cc(Cc2cc(C)c(C)c(C)c2)cc(CC)c1C. The second-order valence-corrected chi connectivity index (χ2v) is 6.28. The van der Waals surface area contributed by atoms with Gasteiger partial charge >= 0.3 is 0 Å². The predicted octanol–water partition coefficient (Wildman–Crippen LogP) is 5.64. The van der Waals surface area contributed by atoms with E-state index >= 15 is 0 Å². The van der Waals surface area contributed by atoms with E-state index < -0.39 is 0 Å². The third-order valence-electron chi connectivity index (χ3n) is 4.84. The van der Waals surface area contributed by atoms with Crippen LogP contribution in [-0.4, -0.2) is 0 Å². The molecule has 112 valence electrons. The van der Waals surface area contributed by atoms with E-state index in [-0.39, 0.29) is 0 Å². The maximum Gasteiger partial charge on any atom is -0.00254 e. The first-order valence-electron chi connectivity index (χ1n) is 8.14. The van der Waals surface area contributed by atoms with Gasteiger partial charge in [0, 0.05) is 0 Å². The molecule has 0 radical (unpaired) electrons. The van der Waals surface area contributed by atoms with E-state index in [1.165, 1.54) is 44.5 Å². The Morgan fingerprint density at radius 1 is 0.619 bits per heavy atom. The first-order chi connectivity index (χ1) is 9.96. The lowest BCUT2D eigenvalue weighted by Crippen LogP contribution is -1.99. The molecular formula is C21H28. The van der Waals surface area contributed by atoms with Gasteiger partial charge in [-0.3, -0.25) is 0 Å². The van der Waals surface area contributed by atoms with Crippen LogP contribution in [0.1, 0.15) is 58.4 Å². The Morgan fingerprint density at radius 3 is 1.48 bits per heavy atom. The summed E-state index contributed by atoms with van der Waals surface area (Å²) in [5.74, 6) is 0. The minimum atomic E-state index is 1.04. The van der Waals surface area contributed by atoms with E-state index in [9.17, 15) is 0 Å². The summed E-state index contributed by atoms with van der Waals surface area (Å²) < 4.78 is 0. The van der Waals surface area contributed by atoms with Crippen LogP contribution in [0, 0.1) is 27.7 Å². The molecule has 2 rings (SSSR count). The van der Waals surface area contributed by atoms with Gasteiger partial charge in [-0.2, -0.15) is 0 Å². The average molecular weight is 280 g/mol. The van der Waals surface area contributed by atoms with Crippen molar-refractivity contribution in [1.29, 1.82) is 0 Å². The predicted molar refractivity (Wildman–Crippen MR) is 93.4 cm³/mol. The average Bonchev–Trinajstić information content (AvgIpc) is 2.46. The van der Waals surface area contributed by atoms with Crippen molar-refractivity contribution in [2.24, 2.45) is 0 Å². The Balaban J connectivity index is 2.40. The number of rotatable bonds is 4. The molecule has 0 N–H and O–H groups in total. The first kappa shape index (κ1) is 15.8. The monoisotopic (exact) mass is 280 g/mol. The zero-order chi connectivity index (χ0) is 15.6. The Morgan fingerprint density at radius 2 is 1.05 bits per heavy atom. The Bertz CT molecular complexity index is 599. The van der Waals surface area contributed by atoms with Gasteiger partial charge in [-0.1, -0.05) is 38.1 Å². The molecule has 0 aliphatic rings. The molecule has 0 aliphatic carbocycles. The van der Waals surface area contributed by atoms with Crippen LogP contribution in [0.2, 0.25) is 0 Å². The lowest BCUT2D eigenvalue weighted by molar-refractivity contribution is 1.02. The summed E-state index contributed by atoms with van der Waals surface area (Å²) in [5, 5.41) is 0. The van der Waals surface area contributed by atoms with Crippen molar-refractivity contribution in [2.75, 3.05) is 0 Å². The van der Waals surface area contributed by atoms with Crippen molar-refractivity contribution in [1.82, 2.24) is 0 Å². The van der Waals surface area contributed by atoms with Crippen molar-refractivity contribution in [2.45, 2.75) is 60.8 Å². The molecule has 0 fully saturated rings. The highest BCUT2D eigenvalue weighted by Crippen LogP contribution is 2.22. The second-order valence-electron chi connectivity index (χ2n) is 6.28. The first-order valence-corrected chi connectivity index (χ1v) is 8.14.